The lowest BCUT2D eigenvalue weighted by Gasteiger charge is -2.10. The summed E-state index contributed by atoms with van der Waals surface area (Å²) in [6, 6.07) is 13.4. The summed E-state index contributed by atoms with van der Waals surface area (Å²) in [6.45, 7) is 0. The first-order valence-electron chi connectivity index (χ1n) is 9.60. The third-order valence-corrected chi connectivity index (χ3v) is 5.61. The average Bonchev–Trinajstić information content (AvgIpc) is 3.55. The van der Waals surface area contributed by atoms with Crippen molar-refractivity contribution in [2.75, 3.05) is 11.1 Å². The van der Waals surface area contributed by atoms with E-state index in [1.807, 2.05) is 18.2 Å². The molecular weight excluding hydrogens is 427 g/mol. The molecule has 3 aromatic rings. The number of nitrogens with one attached hydrogen (secondary N) is 2. The predicted molar refractivity (Wildman–Crippen MR) is 113 cm³/mol. The van der Waals surface area contributed by atoms with Gasteiger partial charge in [0.1, 0.15) is 0 Å². The van der Waals surface area contributed by atoms with Crippen molar-refractivity contribution >= 4 is 40.2 Å². The molecule has 4 rings (SSSR count). The van der Waals surface area contributed by atoms with Crippen molar-refractivity contribution < 1.29 is 22.8 Å². The van der Waals surface area contributed by atoms with Gasteiger partial charge in [-0.05, 0) is 49.2 Å². The topological polar surface area (TPSA) is 71.1 Å². The third-order valence-electron chi connectivity index (χ3n) is 4.70. The number of amides is 2. The number of carbonyl (C=O) groups excluding carboxylic acids is 2. The number of nitrogens with zero attached hydrogens (tertiary/aromatic N) is 1. The lowest BCUT2D eigenvalue weighted by molar-refractivity contribution is -0.137. The van der Waals surface area contributed by atoms with Gasteiger partial charge in [-0.25, -0.2) is 4.98 Å². The molecule has 1 aliphatic rings. The van der Waals surface area contributed by atoms with Gasteiger partial charge in [-0.15, -0.1) is 0 Å². The number of rotatable bonds is 6. The van der Waals surface area contributed by atoms with E-state index < -0.39 is 11.7 Å². The van der Waals surface area contributed by atoms with Crippen molar-refractivity contribution in [3.63, 3.8) is 0 Å². The molecule has 0 radical (unpaired) electrons. The van der Waals surface area contributed by atoms with E-state index in [1.165, 1.54) is 12.1 Å². The molecule has 1 fully saturated rings. The first-order valence-corrected chi connectivity index (χ1v) is 10.6. The number of pyridine rings is 1. The molecule has 0 spiro atoms. The number of fused-ring (bicyclic) bond motifs is 1. The van der Waals surface area contributed by atoms with Gasteiger partial charge < -0.3 is 10.6 Å². The maximum Gasteiger partial charge on any atom is 0.416 e. The first kappa shape index (κ1) is 21.2. The summed E-state index contributed by atoms with van der Waals surface area (Å²) in [4.78, 5) is 29.4. The minimum Gasteiger partial charge on any atom is -0.349 e. The van der Waals surface area contributed by atoms with Crippen LogP contribution in [-0.4, -0.2) is 28.6 Å². The number of aromatic nitrogens is 1. The van der Waals surface area contributed by atoms with E-state index in [0.29, 0.717) is 16.1 Å². The smallest absolute Gasteiger partial charge is 0.349 e. The van der Waals surface area contributed by atoms with Crippen molar-refractivity contribution in [3.8, 4) is 0 Å². The summed E-state index contributed by atoms with van der Waals surface area (Å²) in [6.07, 6.45) is -2.48. The molecule has 1 heterocycles. The second kappa shape index (κ2) is 8.58. The molecule has 0 bridgehead atoms. The van der Waals surface area contributed by atoms with Crippen LogP contribution < -0.4 is 10.6 Å². The van der Waals surface area contributed by atoms with E-state index in [2.05, 4.69) is 15.6 Å². The van der Waals surface area contributed by atoms with Crippen LogP contribution in [0.25, 0.3) is 10.9 Å². The van der Waals surface area contributed by atoms with Crippen molar-refractivity contribution in [1.82, 2.24) is 10.3 Å². The highest BCUT2D eigenvalue weighted by Crippen LogP contribution is 2.30. The standard InChI is InChI=1S/C22H18F3N3O2S/c23-22(24,25)13-5-7-14(8-6-13)26-19(29)12-31-20-11-17(21(30)27-15-9-10-15)16-3-1-2-4-18(16)28-20/h1-8,11,15H,9-10,12H2,(H,26,29)(H,27,30). The Morgan fingerprint density at radius 2 is 1.77 bits per heavy atom. The molecule has 2 amide bonds. The Kier molecular flexibility index (Phi) is 5.86. The molecule has 1 aromatic heterocycles. The van der Waals surface area contributed by atoms with Gasteiger partial charge in [-0.1, -0.05) is 30.0 Å². The first-order chi connectivity index (χ1) is 14.8. The van der Waals surface area contributed by atoms with E-state index in [-0.39, 0.29) is 29.3 Å². The summed E-state index contributed by atoms with van der Waals surface area (Å²) in [7, 11) is 0. The number of thioether (sulfide) groups is 1. The fourth-order valence-corrected chi connectivity index (χ4v) is 3.70. The number of anilines is 1. The molecule has 0 saturated heterocycles. The normalized spacial score (nSPS) is 13.8. The second-order valence-corrected chi connectivity index (χ2v) is 8.18. The number of hydrogen-bond acceptors (Lipinski definition) is 4. The summed E-state index contributed by atoms with van der Waals surface area (Å²) >= 11 is 1.15. The van der Waals surface area contributed by atoms with E-state index in [9.17, 15) is 22.8 Å². The minimum absolute atomic E-state index is 0.00392. The highest BCUT2D eigenvalue weighted by Gasteiger charge is 2.30. The molecule has 160 valence electrons. The summed E-state index contributed by atoms with van der Waals surface area (Å²) in [5.41, 5.74) is 0.645. The van der Waals surface area contributed by atoms with Crippen molar-refractivity contribution in [1.29, 1.82) is 0 Å². The Morgan fingerprint density at radius 3 is 2.45 bits per heavy atom. The monoisotopic (exact) mass is 445 g/mol. The predicted octanol–water partition coefficient (Wildman–Crippen LogP) is 4.88. The molecule has 0 atom stereocenters. The van der Waals surface area contributed by atoms with E-state index in [0.717, 1.165) is 42.1 Å². The maximum absolute atomic E-state index is 12.6. The molecule has 1 aliphatic carbocycles. The van der Waals surface area contributed by atoms with Crippen LogP contribution in [0.5, 0.6) is 0 Å². The molecule has 31 heavy (non-hydrogen) atoms. The van der Waals surface area contributed by atoms with Crippen LogP contribution in [0.4, 0.5) is 18.9 Å². The van der Waals surface area contributed by atoms with Gasteiger partial charge in [0.15, 0.2) is 0 Å². The molecule has 1 saturated carbocycles. The Labute approximate surface area is 180 Å². The summed E-state index contributed by atoms with van der Waals surface area (Å²) in [5.74, 6) is -0.559. The molecule has 0 unspecified atom stereocenters. The molecule has 2 N–H and O–H groups in total. The zero-order valence-corrected chi connectivity index (χ0v) is 17.0. The molecule has 0 aliphatic heterocycles. The van der Waals surface area contributed by atoms with E-state index >= 15 is 0 Å². The Bertz CT molecular complexity index is 1130. The largest absolute Gasteiger partial charge is 0.416 e. The Morgan fingerprint density at radius 1 is 1.06 bits per heavy atom. The highest BCUT2D eigenvalue weighted by atomic mass is 32.2. The molecule has 2 aromatic carbocycles. The van der Waals surface area contributed by atoms with E-state index in [4.69, 9.17) is 0 Å². The molecular formula is C22H18F3N3O2S. The van der Waals surface area contributed by atoms with Gasteiger partial charge in [0.05, 0.1) is 27.4 Å². The van der Waals surface area contributed by atoms with Crippen molar-refractivity contribution in [2.24, 2.45) is 0 Å². The van der Waals surface area contributed by atoms with Gasteiger partial charge in [0, 0.05) is 17.1 Å². The van der Waals surface area contributed by atoms with Crippen LogP contribution >= 0.6 is 11.8 Å². The molecule has 9 heteroatoms. The van der Waals surface area contributed by atoms with Crippen LogP contribution in [0, 0.1) is 0 Å². The highest BCUT2D eigenvalue weighted by molar-refractivity contribution is 7.99. The van der Waals surface area contributed by atoms with Gasteiger partial charge in [-0.3, -0.25) is 9.59 Å². The van der Waals surface area contributed by atoms with Gasteiger partial charge in [0.2, 0.25) is 5.91 Å². The van der Waals surface area contributed by atoms with Crippen molar-refractivity contribution in [2.45, 2.75) is 30.1 Å². The summed E-state index contributed by atoms with van der Waals surface area (Å²) < 4.78 is 37.9. The number of halogens is 3. The van der Waals surface area contributed by atoms with Crippen molar-refractivity contribution in [3.05, 3.63) is 65.7 Å². The number of alkyl halides is 3. The lowest BCUT2D eigenvalue weighted by atomic mass is 10.1. The van der Waals surface area contributed by atoms with Crippen LogP contribution in [0.1, 0.15) is 28.8 Å². The lowest BCUT2D eigenvalue weighted by Crippen LogP contribution is -2.25. The van der Waals surface area contributed by atoms with Crippen LogP contribution in [0.2, 0.25) is 0 Å². The van der Waals surface area contributed by atoms with Crippen LogP contribution in [0.3, 0.4) is 0 Å². The van der Waals surface area contributed by atoms with E-state index in [1.54, 1.807) is 12.1 Å². The quantitative estimate of drug-likeness (QED) is 0.531. The van der Waals surface area contributed by atoms with Crippen LogP contribution in [-0.2, 0) is 11.0 Å². The summed E-state index contributed by atoms with van der Waals surface area (Å²) in [5, 5.41) is 6.78. The minimum atomic E-state index is -4.43. The molecule has 5 nitrogen and oxygen atoms in total. The van der Waals surface area contributed by atoms with Gasteiger partial charge in [-0.2, -0.15) is 13.2 Å². The fraction of sp³-hybridized carbons (Fsp3) is 0.227. The SMILES string of the molecule is O=C(CSc1cc(C(=O)NC2CC2)c2ccccc2n1)Nc1ccc(C(F)(F)F)cc1. The third kappa shape index (κ3) is 5.35. The number of carbonyl (C=O) groups is 2. The zero-order chi connectivity index (χ0) is 22.0. The number of hydrogen-bond donors (Lipinski definition) is 2. The fourth-order valence-electron chi connectivity index (χ4n) is 2.98. The van der Waals surface area contributed by atoms with Gasteiger partial charge >= 0.3 is 6.18 Å². The second-order valence-electron chi connectivity index (χ2n) is 7.18. The Balaban J connectivity index is 1.44. The van der Waals surface area contributed by atoms with Gasteiger partial charge in [0.25, 0.3) is 5.91 Å². The Hall–Kier alpha value is -3.07. The average molecular weight is 445 g/mol. The van der Waals surface area contributed by atoms with Crippen LogP contribution in [0.15, 0.2) is 59.6 Å². The zero-order valence-electron chi connectivity index (χ0n) is 16.2. The number of benzene rings is 2. The number of para-hydroxylation sites is 1. The maximum atomic E-state index is 12.6.